The average Bonchev–Trinajstić information content (AvgIpc) is 2.42. The second kappa shape index (κ2) is 11.4. The van der Waals surface area contributed by atoms with Gasteiger partial charge in [-0.25, -0.2) is 8.42 Å². The summed E-state index contributed by atoms with van der Waals surface area (Å²) in [5, 5.41) is 7.56. The van der Waals surface area contributed by atoms with Crippen molar-refractivity contribution in [1.29, 1.82) is 0 Å². The molecule has 0 fully saturated rings. The maximum Gasteiger partial charge on any atom is 0.191 e. The van der Waals surface area contributed by atoms with Gasteiger partial charge in [0.05, 0.1) is 11.8 Å². The van der Waals surface area contributed by atoms with Gasteiger partial charge >= 0.3 is 0 Å². The molecule has 0 saturated heterocycles. The fraction of sp³-hybridized carbons (Fsp3) is 0.533. The van der Waals surface area contributed by atoms with E-state index in [1.165, 1.54) is 6.26 Å². The van der Waals surface area contributed by atoms with Gasteiger partial charge in [-0.05, 0) is 38.0 Å². The first kappa shape index (κ1) is 23.8. The van der Waals surface area contributed by atoms with E-state index in [0.717, 1.165) is 5.56 Å². The SMILES string of the molecule is CCNC(=NCCCS(C)(=O)=O)NC(C)c1ccc(Cl)cc1Cl.I. The van der Waals surface area contributed by atoms with Gasteiger partial charge in [0.1, 0.15) is 9.84 Å². The quantitative estimate of drug-likeness (QED) is 0.256. The van der Waals surface area contributed by atoms with Gasteiger partial charge in [0.2, 0.25) is 0 Å². The normalized spacial score (nSPS) is 13.1. The largest absolute Gasteiger partial charge is 0.357 e. The Morgan fingerprint density at radius 1 is 1.33 bits per heavy atom. The number of hydrogen-bond donors (Lipinski definition) is 2. The van der Waals surface area contributed by atoms with Crippen LogP contribution in [0.5, 0.6) is 0 Å². The van der Waals surface area contributed by atoms with Gasteiger partial charge in [-0.3, -0.25) is 4.99 Å². The minimum atomic E-state index is -2.95. The van der Waals surface area contributed by atoms with Crippen LogP contribution in [0.2, 0.25) is 10.0 Å². The van der Waals surface area contributed by atoms with E-state index in [9.17, 15) is 8.42 Å². The maximum atomic E-state index is 11.1. The summed E-state index contributed by atoms with van der Waals surface area (Å²) in [6.45, 7) is 5.08. The third-order valence-electron chi connectivity index (χ3n) is 3.07. The highest BCUT2D eigenvalue weighted by molar-refractivity contribution is 14.0. The summed E-state index contributed by atoms with van der Waals surface area (Å²) in [5.41, 5.74) is 0.915. The summed E-state index contributed by atoms with van der Waals surface area (Å²) >= 11 is 12.1. The van der Waals surface area contributed by atoms with Crippen LogP contribution in [0.25, 0.3) is 0 Å². The van der Waals surface area contributed by atoms with E-state index in [2.05, 4.69) is 15.6 Å². The fourth-order valence-electron chi connectivity index (χ4n) is 1.97. The van der Waals surface area contributed by atoms with Crippen molar-refractivity contribution in [2.75, 3.05) is 25.1 Å². The molecule has 0 aliphatic heterocycles. The molecule has 0 bridgehead atoms. The molecule has 0 amide bonds. The molecule has 0 aromatic heterocycles. The smallest absolute Gasteiger partial charge is 0.191 e. The van der Waals surface area contributed by atoms with Crippen molar-refractivity contribution in [2.45, 2.75) is 26.3 Å². The lowest BCUT2D eigenvalue weighted by molar-refractivity contribution is 0.599. The van der Waals surface area contributed by atoms with Gasteiger partial charge in [0.15, 0.2) is 5.96 Å². The molecule has 5 nitrogen and oxygen atoms in total. The first-order chi connectivity index (χ1) is 10.7. The number of benzene rings is 1. The number of rotatable bonds is 7. The van der Waals surface area contributed by atoms with E-state index < -0.39 is 9.84 Å². The number of nitrogens with zero attached hydrogens (tertiary/aromatic N) is 1. The lowest BCUT2D eigenvalue weighted by Crippen LogP contribution is -2.39. The van der Waals surface area contributed by atoms with Gasteiger partial charge in [-0.2, -0.15) is 0 Å². The summed E-state index contributed by atoms with van der Waals surface area (Å²) in [5.74, 6) is 0.758. The molecule has 1 aromatic carbocycles. The summed E-state index contributed by atoms with van der Waals surface area (Å²) in [7, 11) is -2.95. The number of aliphatic imine (C=N–C) groups is 1. The Morgan fingerprint density at radius 3 is 2.54 bits per heavy atom. The first-order valence-corrected chi connectivity index (χ1v) is 10.2. The first-order valence-electron chi connectivity index (χ1n) is 7.40. The van der Waals surface area contributed by atoms with Gasteiger partial charge in [0.25, 0.3) is 0 Å². The van der Waals surface area contributed by atoms with Crippen LogP contribution >= 0.6 is 47.2 Å². The zero-order valence-electron chi connectivity index (χ0n) is 14.0. The molecule has 0 aliphatic carbocycles. The van der Waals surface area contributed by atoms with Crippen molar-refractivity contribution in [1.82, 2.24) is 10.6 Å². The molecule has 1 atom stereocenters. The lowest BCUT2D eigenvalue weighted by atomic mass is 10.1. The third kappa shape index (κ3) is 9.29. The van der Waals surface area contributed by atoms with Gasteiger partial charge in [0, 0.05) is 29.4 Å². The zero-order chi connectivity index (χ0) is 17.5. The predicted octanol–water partition coefficient (Wildman–Crippen LogP) is 3.66. The molecule has 0 saturated carbocycles. The van der Waals surface area contributed by atoms with Crippen LogP contribution in [0.15, 0.2) is 23.2 Å². The molecule has 1 rings (SSSR count). The van der Waals surface area contributed by atoms with Crippen molar-refractivity contribution in [3.8, 4) is 0 Å². The second-order valence-corrected chi connectivity index (χ2v) is 8.38. The van der Waals surface area contributed by atoms with Gasteiger partial charge in [-0.1, -0.05) is 29.3 Å². The average molecular weight is 508 g/mol. The molecule has 0 spiro atoms. The van der Waals surface area contributed by atoms with Crippen LogP contribution in [0.1, 0.15) is 31.9 Å². The lowest BCUT2D eigenvalue weighted by Gasteiger charge is -2.19. The summed E-state index contributed by atoms with van der Waals surface area (Å²) in [6, 6.07) is 5.30. The van der Waals surface area contributed by atoms with Crippen LogP contribution in [-0.4, -0.2) is 39.5 Å². The molecule has 0 aliphatic rings. The van der Waals surface area contributed by atoms with E-state index in [1.807, 2.05) is 19.9 Å². The number of hydrogen-bond acceptors (Lipinski definition) is 3. The van der Waals surface area contributed by atoms with E-state index in [4.69, 9.17) is 23.2 Å². The highest BCUT2D eigenvalue weighted by atomic mass is 127. The molecular formula is C15H24Cl2IN3O2S. The summed E-state index contributed by atoms with van der Waals surface area (Å²) in [4.78, 5) is 4.39. The molecular weight excluding hydrogens is 484 g/mol. The van der Waals surface area contributed by atoms with Crippen molar-refractivity contribution < 1.29 is 8.42 Å². The molecule has 9 heteroatoms. The Bertz CT molecular complexity index is 654. The number of sulfone groups is 1. The van der Waals surface area contributed by atoms with Crippen LogP contribution in [0, 0.1) is 0 Å². The Balaban J connectivity index is 0.00000529. The fourth-order valence-corrected chi connectivity index (χ4v) is 3.20. The van der Waals surface area contributed by atoms with Crippen molar-refractivity contribution in [2.24, 2.45) is 4.99 Å². The Morgan fingerprint density at radius 2 is 2.00 bits per heavy atom. The second-order valence-electron chi connectivity index (χ2n) is 5.28. The molecule has 1 unspecified atom stereocenters. The highest BCUT2D eigenvalue weighted by Crippen LogP contribution is 2.25. The predicted molar refractivity (Wildman–Crippen MR) is 114 cm³/mol. The minimum absolute atomic E-state index is 0. The molecule has 0 heterocycles. The number of nitrogens with one attached hydrogen (secondary N) is 2. The highest BCUT2D eigenvalue weighted by Gasteiger charge is 2.11. The molecule has 2 N–H and O–H groups in total. The van der Waals surface area contributed by atoms with E-state index in [1.54, 1.807) is 12.1 Å². The Labute approximate surface area is 171 Å². The standard InChI is InChI=1S/C15H23Cl2N3O2S.HI/c1-4-18-15(19-8-5-9-23(3,21)22)20-11(2)13-7-6-12(16)10-14(13)17;/h6-7,10-11H,4-5,8-9H2,1-3H3,(H2,18,19,20);1H. The molecule has 1 aromatic rings. The topological polar surface area (TPSA) is 70.6 Å². The van der Waals surface area contributed by atoms with Gasteiger partial charge in [-0.15, -0.1) is 24.0 Å². The van der Waals surface area contributed by atoms with Crippen molar-refractivity contribution in [3.05, 3.63) is 33.8 Å². The van der Waals surface area contributed by atoms with E-state index in [-0.39, 0.29) is 35.8 Å². The van der Waals surface area contributed by atoms with Gasteiger partial charge < -0.3 is 10.6 Å². The Kier molecular flexibility index (Phi) is 11.3. The minimum Gasteiger partial charge on any atom is -0.357 e. The summed E-state index contributed by atoms with van der Waals surface area (Å²) < 4.78 is 22.2. The van der Waals surface area contributed by atoms with Crippen molar-refractivity contribution >= 4 is 63.0 Å². The monoisotopic (exact) mass is 507 g/mol. The van der Waals surface area contributed by atoms with Crippen LogP contribution in [0.3, 0.4) is 0 Å². The van der Waals surface area contributed by atoms with Crippen molar-refractivity contribution in [3.63, 3.8) is 0 Å². The van der Waals surface area contributed by atoms with E-state index in [0.29, 0.717) is 35.5 Å². The molecule has 24 heavy (non-hydrogen) atoms. The van der Waals surface area contributed by atoms with Crippen LogP contribution < -0.4 is 10.6 Å². The maximum absolute atomic E-state index is 11.1. The zero-order valence-corrected chi connectivity index (χ0v) is 18.6. The number of guanidine groups is 1. The third-order valence-corrected chi connectivity index (χ3v) is 4.66. The number of halogens is 3. The Hall–Kier alpha value is -0.250. The van der Waals surface area contributed by atoms with Crippen LogP contribution in [-0.2, 0) is 9.84 Å². The molecule has 138 valence electrons. The van der Waals surface area contributed by atoms with Crippen LogP contribution in [0.4, 0.5) is 0 Å². The van der Waals surface area contributed by atoms with E-state index >= 15 is 0 Å². The molecule has 0 radical (unpaired) electrons. The summed E-state index contributed by atoms with van der Waals surface area (Å²) in [6.07, 6.45) is 1.72.